The zero-order valence-electron chi connectivity index (χ0n) is 15.7. The number of carbonyl (C=O) groups excluding carboxylic acids is 3. The molecule has 6 nitrogen and oxygen atoms in total. The van der Waals surface area contributed by atoms with E-state index in [4.69, 9.17) is 4.74 Å². The van der Waals surface area contributed by atoms with Gasteiger partial charge in [-0.2, -0.15) is 0 Å². The van der Waals surface area contributed by atoms with Crippen LogP contribution in [0, 0.1) is 12.7 Å². The molecule has 7 heteroatoms. The molecule has 146 valence electrons. The van der Waals surface area contributed by atoms with Crippen molar-refractivity contribution >= 4 is 23.5 Å². The standard InChI is InChI=1S/C21H21FN2O4/c1-12-15-8-9-17(24-21(27)28-11-14-6-4-3-5-7-14)20(26)19(15)18(10-16(12)22)23-13(2)25/h3-7,10,17H,8-9,11H2,1-2H3,(H,23,25)(H,24,27)/t17-/m1/s1. The van der Waals surface area contributed by atoms with Crippen LogP contribution in [0.2, 0.25) is 0 Å². The van der Waals surface area contributed by atoms with Gasteiger partial charge >= 0.3 is 6.09 Å². The summed E-state index contributed by atoms with van der Waals surface area (Å²) in [5.74, 6) is -1.26. The Hall–Kier alpha value is -3.22. The van der Waals surface area contributed by atoms with Crippen LogP contribution in [0.5, 0.6) is 0 Å². The number of hydrogen-bond acceptors (Lipinski definition) is 4. The van der Waals surface area contributed by atoms with Crippen molar-refractivity contribution in [3.05, 3.63) is 64.5 Å². The van der Waals surface area contributed by atoms with Crippen LogP contribution < -0.4 is 10.6 Å². The Balaban J connectivity index is 1.75. The molecule has 1 aliphatic carbocycles. The average molecular weight is 384 g/mol. The molecule has 2 N–H and O–H groups in total. The van der Waals surface area contributed by atoms with Crippen molar-refractivity contribution in [3.63, 3.8) is 0 Å². The van der Waals surface area contributed by atoms with Crippen LogP contribution in [-0.2, 0) is 22.6 Å². The first-order valence-corrected chi connectivity index (χ1v) is 8.97. The highest BCUT2D eigenvalue weighted by Crippen LogP contribution is 2.32. The summed E-state index contributed by atoms with van der Waals surface area (Å²) in [6, 6.07) is 9.53. The molecule has 2 amide bonds. The van der Waals surface area contributed by atoms with E-state index in [1.807, 2.05) is 30.3 Å². The molecule has 28 heavy (non-hydrogen) atoms. The van der Waals surface area contributed by atoms with Gasteiger partial charge < -0.3 is 15.4 Å². The maximum Gasteiger partial charge on any atom is 0.408 e. The van der Waals surface area contributed by atoms with E-state index in [2.05, 4.69) is 10.6 Å². The van der Waals surface area contributed by atoms with Crippen LogP contribution in [-0.4, -0.2) is 23.8 Å². The Morgan fingerprint density at radius 2 is 1.96 bits per heavy atom. The van der Waals surface area contributed by atoms with Crippen molar-refractivity contribution in [2.24, 2.45) is 0 Å². The molecule has 3 rings (SSSR count). The van der Waals surface area contributed by atoms with E-state index < -0.39 is 23.9 Å². The van der Waals surface area contributed by atoms with Crippen LogP contribution in [0.15, 0.2) is 36.4 Å². The lowest BCUT2D eigenvalue weighted by molar-refractivity contribution is -0.114. The van der Waals surface area contributed by atoms with Gasteiger partial charge in [0.15, 0.2) is 5.78 Å². The summed E-state index contributed by atoms with van der Waals surface area (Å²) in [4.78, 5) is 36.5. The average Bonchev–Trinajstić information content (AvgIpc) is 2.66. The highest BCUT2D eigenvalue weighted by molar-refractivity contribution is 6.10. The number of Topliss-reactive ketones (excluding diaryl/α,β-unsaturated/α-hetero) is 1. The number of carbonyl (C=O) groups is 3. The second-order valence-corrected chi connectivity index (χ2v) is 6.73. The predicted octanol–water partition coefficient (Wildman–Crippen LogP) is 3.52. The molecule has 1 aliphatic rings. The number of hydrogen-bond donors (Lipinski definition) is 2. The molecular weight excluding hydrogens is 363 g/mol. The van der Waals surface area contributed by atoms with Gasteiger partial charge in [-0.1, -0.05) is 30.3 Å². The van der Waals surface area contributed by atoms with Crippen LogP contribution >= 0.6 is 0 Å². The maximum atomic E-state index is 14.2. The van der Waals surface area contributed by atoms with Gasteiger partial charge in [-0.05, 0) is 42.5 Å². The number of rotatable bonds is 4. The summed E-state index contributed by atoms with van der Waals surface area (Å²) in [6.45, 7) is 2.97. The van der Waals surface area contributed by atoms with E-state index in [1.165, 1.54) is 6.92 Å². The third-order valence-corrected chi connectivity index (χ3v) is 4.71. The lowest BCUT2D eigenvalue weighted by Crippen LogP contribution is -2.44. The van der Waals surface area contributed by atoms with Crippen LogP contribution in [0.4, 0.5) is 14.9 Å². The second kappa shape index (κ2) is 8.21. The summed E-state index contributed by atoms with van der Waals surface area (Å²) in [5, 5.41) is 5.09. The summed E-state index contributed by atoms with van der Waals surface area (Å²) in [6.07, 6.45) is 0.0299. The first-order chi connectivity index (χ1) is 13.4. The fourth-order valence-electron chi connectivity index (χ4n) is 3.32. The number of halogens is 1. The van der Waals surface area contributed by atoms with Gasteiger partial charge in [0.25, 0.3) is 0 Å². The van der Waals surface area contributed by atoms with Crippen molar-refractivity contribution < 1.29 is 23.5 Å². The number of benzene rings is 2. The minimum absolute atomic E-state index is 0.0889. The van der Waals surface area contributed by atoms with Gasteiger partial charge in [0.05, 0.1) is 11.7 Å². The van der Waals surface area contributed by atoms with Crippen molar-refractivity contribution in [2.75, 3.05) is 5.32 Å². The van der Waals surface area contributed by atoms with E-state index in [0.29, 0.717) is 24.0 Å². The summed E-state index contributed by atoms with van der Waals surface area (Å²) in [5.41, 5.74) is 2.14. The number of ketones is 1. The first kappa shape index (κ1) is 19.5. The van der Waals surface area contributed by atoms with Crippen molar-refractivity contribution in [3.8, 4) is 0 Å². The zero-order valence-corrected chi connectivity index (χ0v) is 15.7. The van der Waals surface area contributed by atoms with Gasteiger partial charge in [0.1, 0.15) is 12.4 Å². The Bertz CT molecular complexity index is 928. The van der Waals surface area contributed by atoms with Crippen molar-refractivity contribution in [2.45, 2.75) is 39.3 Å². The van der Waals surface area contributed by atoms with E-state index in [9.17, 15) is 18.8 Å². The Kier molecular flexibility index (Phi) is 5.73. The number of nitrogens with one attached hydrogen (secondary N) is 2. The molecule has 0 spiro atoms. The molecule has 0 fully saturated rings. The number of amides is 2. The van der Waals surface area contributed by atoms with Gasteiger partial charge in [-0.3, -0.25) is 9.59 Å². The molecule has 0 bridgehead atoms. The number of alkyl carbamates (subject to hydrolysis) is 1. The minimum Gasteiger partial charge on any atom is -0.445 e. The topological polar surface area (TPSA) is 84.5 Å². The molecular formula is C21H21FN2O4. The molecule has 2 aromatic carbocycles. The zero-order chi connectivity index (χ0) is 20.3. The van der Waals surface area contributed by atoms with Gasteiger partial charge in [0, 0.05) is 12.5 Å². The monoisotopic (exact) mass is 384 g/mol. The van der Waals surface area contributed by atoms with Gasteiger partial charge in [0.2, 0.25) is 5.91 Å². The van der Waals surface area contributed by atoms with Crippen molar-refractivity contribution in [1.29, 1.82) is 0 Å². The maximum absolute atomic E-state index is 14.2. The highest BCUT2D eigenvalue weighted by Gasteiger charge is 2.33. The Morgan fingerprint density at radius 3 is 2.64 bits per heavy atom. The van der Waals surface area contributed by atoms with E-state index in [0.717, 1.165) is 11.6 Å². The Labute approximate surface area is 162 Å². The quantitative estimate of drug-likeness (QED) is 0.845. The molecule has 0 saturated heterocycles. The largest absolute Gasteiger partial charge is 0.445 e. The predicted molar refractivity (Wildman–Crippen MR) is 102 cm³/mol. The molecule has 0 aliphatic heterocycles. The molecule has 0 unspecified atom stereocenters. The van der Waals surface area contributed by atoms with E-state index in [-0.39, 0.29) is 23.6 Å². The van der Waals surface area contributed by atoms with Crippen molar-refractivity contribution in [1.82, 2.24) is 5.32 Å². The number of anilines is 1. The normalized spacial score (nSPS) is 15.5. The fourth-order valence-corrected chi connectivity index (χ4v) is 3.32. The summed E-state index contributed by atoms with van der Waals surface area (Å²) < 4.78 is 19.3. The first-order valence-electron chi connectivity index (χ1n) is 8.97. The second-order valence-electron chi connectivity index (χ2n) is 6.73. The van der Waals surface area contributed by atoms with Gasteiger partial charge in [-0.25, -0.2) is 9.18 Å². The van der Waals surface area contributed by atoms with Crippen LogP contribution in [0.25, 0.3) is 0 Å². The summed E-state index contributed by atoms with van der Waals surface area (Å²) >= 11 is 0. The third-order valence-electron chi connectivity index (χ3n) is 4.71. The molecule has 0 aromatic heterocycles. The number of ether oxygens (including phenoxy) is 1. The third kappa shape index (κ3) is 4.19. The SMILES string of the molecule is CC(=O)Nc1cc(F)c(C)c2c1C(=O)[C@H](NC(=O)OCc1ccccc1)CC2. The molecule has 1 atom stereocenters. The summed E-state index contributed by atoms with van der Waals surface area (Å²) in [7, 11) is 0. The molecule has 0 saturated carbocycles. The highest BCUT2D eigenvalue weighted by atomic mass is 19.1. The lowest BCUT2D eigenvalue weighted by Gasteiger charge is -2.27. The molecule has 2 aromatic rings. The van der Waals surface area contributed by atoms with Crippen LogP contribution in [0.3, 0.4) is 0 Å². The Morgan fingerprint density at radius 1 is 1.25 bits per heavy atom. The molecule has 0 radical (unpaired) electrons. The fraction of sp³-hybridized carbons (Fsp3) is 0.286. The number of fused-ring (bicyclic) bond motifs is 1. The molecule has 0 heterocycles. The van der Waals surface area contributed by atoms with Crippen LogP contribution in [0.1, 0.15) is 40.4 Å². The minimum atomic E-state index is -0.798. The lowest BCUT2D eigenvalue weighted by atomic mass is 9.83. The smallest absolute Gasteiger partial charge is 0.408 e. The van der Waals surface area contributed by atoms with E-state index >= 15 is 0 Å². The van der Waals surface area contributed by atoms with Gasteiger partial charge in [-0.15, -0.1) is 0 Å². The van der Waals surface area contributed by atoms with E-state index in [1.54, 1.807) is 6.92 Å².